The Labute approximate surface area is 241 Å². The van der Waals surface area contributed by atoms with E-state index in [9.17, 15) is 17.6 Å². The minimum absolute atomic E-state index is 0.0421. The zero-order valence-electron chi connectivity index (χ0n) is 22.3. The van der Waals surface area contributed by atoms with Crippen LogP contribution in [-0.2, 0) is 16.6 Å². The van der Waals surface area contributed by atoms with Crippen LogP contribution in [0.15, 0.2) is 54.9 Å². The standard InChI is InChI=1S/C28H29FN6O4S2/c1-41(37,38)35-12-10-34(11-13-35)17-18-2-6-22(31-16-18)26-15-23-27(40-26)25(8-9-30-23)39-24-7-5-20(14-21(24)29)33-28(36)32-19-3-4-19/h2,5-9,14-16,19H,3-4,10-13,17H2,1H3,(H2,32,33,36). The summed E-state index contributed by atoms with van der Waals surface area (Å²) in [6, 6.07) is 11.8. The number of ether oxygens (including phenoxy) is 1. The number of carbonyl (C=O) groups excluding carboxylic acids is 1. The van der Waals surface area contributed by atoms with Crippen LogP contribution in [0.4, 0.5) is 14.9 Å². The van der Waals surface area contributed by atoms with E-state index in [0.717, 1.165) is 33.7 Å². The highest BCUT2D eigenvalue weighted by atomic mass is 32.2. The van der Waals surface area contributed by atoms with Gasteiger partial charge in [-0.25, -0.2) is 17.6 Å². The Balaban J connectivity index is 1.12. The molecule has 1 saturated carbocycles. The second kappa shape index (κ2) is 11.3. The molecule has 2 aliphatic rings. The lowest BCUT2D eigenvalue weighted by Gasteiger charge is -2.33. The molecular formula is C28H29FN6O4S2. The SMILES string of the molecule is CS(=O)(=O)N1CCN(Cc2ccc(-c3cc4nccc(Oc5ccc(NC(=O)NC6CC6)cc5F)c4s3)nc2)CC1. The molecule has 2 N–H and O–H groups in total. The number of nitrogens with zero attached hydrogens (tertiary/aromatic N) is 4. The average molecular weight is 597 g/mol. The zero-order chi connectivity index (χ0) is 28.6. The molecule has 2 amide bonds. The van der Waals surface area contributed by atoms with Crippen LogP contribution in [0.3, 0.4) is 0 Å². The van der Waals surface area contributed by atoms with E-state index >= 15 is 0 Å². The van der Waals surface area contributed by atoms with Gasteiger partial charge in [0.1, 0.15) is 5.75 Å². The summed E-state index contributed by atoms with van der Waals surface area (Å²) in [6.07, 6.45) is 6.63. The molecule has 1 aromatic carbocycles. The van der Waals surface area contributed by atoms with Gasteiger partial charge in [0.25, 0.3) is 0 Å². The number of fused-ring (bicyclic) bond motifs is 1. The highest BCUT2D eigenvalue weighted by Crippen LogP contribution is 2.39. The zero-order valence-corrected chi connectivity index (χ0v) is 24.0. The number of urea groups is 1. The smallest absolute Gasteiger partial charge is 0.319 e. The van der Waals surface area contributed by atoms with Crippen LogP contribution in [0.25, 0.3) is 20.8 Å². The Bertz CT molecular complexity index is 1680. The van der Waals surface area contributed by atoms with E-state index < -0.39 is 15.8 Å². The predicted octanol–water partition coefficient (Wildman–Crippen LogP) is 4.65. The third-order valence-electron chi connectivity index (χ3n) is 6.98. The van der Waals surface area contributed by atoms with Gasteiger partial charge in [0.15, 0.2) is 11.6 Å². The Hall–Kier alpha value is -3.65. The van der Waals surface area contributed by atoms with Gasteiger partial charge < -0.3 is 15.4 Å². The van der Waals surface area contributed by atoms with E-state index in [1.807, 2.05) is 24.4 Å². The van der Waals surface area contributed by atoms with Crippen LogP contribution in [0, 0.1) is 5.82 Å². The first-order valence-electron chi connectivity index (χ1n) is 13.3. The number of benzene rings is 1. The number of anilines is 1. The molecule has 0 radical (unpaired) electrons. The lowest BCUT2D eigenvalue weighted by Crippen LogP contribution is -2.47. The molecule has 0 bridgehead atoms. The molecule has 214 valence electrons. The van der Waals surface area contributed by atoms with E-state index in [1.165, 1.54) is 34.0 Å². The third-order valence-corrected chi connectivity index (χ3v) is 9.45. The van der Waals surface area contributed by atoms with Gasteiger partial charge in [0.05, 0.1) is 27.0 Å². The minimum Gasteiger partial charge on any atom is -0.453 e. The molecule has 13 heteroatoms. The Kier molecular flexibility index (Phi) is 7.60. The van der Waals surface area contributed by atoms with E-state index in [0.29, 0.717) is 49.7 Å². The number of carbonyl (C=O) groups is 1. The summed E-state index contributed by atoms with van der Waals surface area (Å²) in [7, 11) is -3.15. The van der Waals surface area contributed by atoms with Crippen LogP contribution in [0.2, 0.25) is 0 Å². The Morgan fingerprint density at radius 2 is 1.88 bits per heavy atom. The van der Waals surface area contributed by atoms with Crippen LogP contribution in [-0.4, -0.2) is 72.1 Å². The fraction of sp³-hybridized carbons (Fsp3) is 0.321. The number of hydrogen-bond donors (Lipinski definition) is 2. The van der Waals surface area contributed by atoms with Crippen molar-refractivity contribution in [2.75, 3.05) is 37.8 Å². The van der Waals surface area contributed by atoms with Gasteiger partial charge >= 0.3 is 6.03 Å². The molecule has 3 aromatic heterocycles. The summed E-state index contributed by atoms with van der Waals surface area (Å²) in [6.45, 7) is 3.03. The fourth-order valence-electron chi connectivity index (χ4n) is 4.62. The highest BCUT2D eigenvalue weighted by Gasteiger charge is 2.24. The van der Waals surface area contributed by atoms with Crippen molar-refractivity contribution in [3.63, 3.8) is 0 Å². The van der Waals surface area contributed by atoms with Gasteiger partial charge in [0.2, 0.25) is 10.0 Å². The predicted molar refractivity (Wildman–Crippen MR) is 156 cm³/mol. The number of hydrogen-bond acceptors (Lipinski definition) is 8. The normalized spacial score (nSPS) is 16.5. The summed E-state index contributed by atoms with van der Waals surface area (Å²) in [5, 5.41) is 5.45. The molecule has 41 heavy (non-hydrogen) atoms. The van der Waals surface area contributed by atoms with Crippen molar-refractivity contribution >= 4 is 43.3 Å². The quantitative estimate of drug-likeness (QED) is 0.304. The fourth-order valence-corrected chi connectivity index (χ4v) is 6.49. The van der Waals surface area contributed by atoms with Crippen molar-refractivity contribution in [2.24, 2.45) is 0 Å². The largest absolute Gasteiger partial charge is 0.453 e. The number of piperazine rings is 1. The Morgan fingerprint density at radius 3 is 2.56 bits per heavy atom. The molecule has 1 aliphatic heterocycles. The van der Waals surface area contributed by atoms with Crippen molar-refractivity contribution in [2.45, 2.75) is 25.4 Å². The van der Waals surface area contributed by atoms with E-state index in [-0.39, 0.29) is 17.8 Å². The summed E-state index contributed by atoms with van der Waals surface area (Å²) in [5.74, 6) is -0.0754. The lowest BCUT2D eigenvalue weighted by molar-refractivity contribution is 0.182. The molecule has 1 saturated heterocycles. The lowest BCUT2D eigenvalue weighted by atomic mass is 10.2. The van der Waals surface area contributed by atoms with E-state index in [4.69, 9.17) is 4.74 Å². The topological polar surface area (TPSA) is 117 Å². The number of amides is 2. The number of thiophene rings is 1. The van der Waals surface area contributed by atoms with Crippen LogP contribution in [0.5, 0.6) is 11.5 Å². The van der Waals surface area contributed by atoms with Gasteiger partial charge in [-0.2, -0.15) is 4.31 Å². The molecule has 4 heterocycles. The molecule has 6 rings (SSSR count). The maximum atomic E-state index is 14.9. The van der Waals surface area contributed by atoms with Gasteiger partial charge in [-0.15, -0.1) is 11.3 Å². The number of nitrogens with one attached hydrogen (secondary N) is 2. The third kappa shape index (κ3) is 6.64. The molecule has 2 fully saturated rings. The molecule has 0 unspecified atom stereocenters. The van der Waals surface area contributed by atoms with Crippen LogP contribution < -0.4 is 15.4 Å². The van der Waals surface area contributed by atoms with E-state index in [1.54, 1.807) is 18.3 Å². The summed E-state index contributed by atoms with van der Waals surface area (Å²) < 4.78 is 46.6. The molecule has 0 spiro atoms. The van der Waals surface area contributed by atoms with Gasteiger partial charge in [-0.05, 0) is 42.7 Å². The number of pyridine rings is 2. The van der Waals surface area contributed by atoms with Crippen molar-refractivity contribution in [1.82, 2.24) is 24.5 Å². The summed E-state index contributed by atoms with van der Waals surface area (Å²) >= 11 is 1.46. The first-order valence-corrected chi connectivity index (χ1v) is 15.9. The van der Waals surface area contributed by atoms with Crippen molar-refractivity contribution in [1.29, 1.82) is 0 Å². The van der Waals surface area contributed by atoms with Crippen LogP contribution in [0.1, 0.15) is 18.4 Å². The molecule has 10 nitrogen and oxygen atoms in total. The minimum atomic E-state index is -3.15. The monoisotopic (exact) mass is 596 g/mol. The first kappa shape index (κ1) is 27.5. The molecular weight excluding hydrogens is 567 g/mol. The molecule has 1 aliphatic carbocycles. The van der Waals surface area contributed by atoms with Crippen molar-refractivity contribution < 1.29 is 22.3 Å². The number of sulfonamides is 1. The van der Waals surface area contributed by atoms with Gasteiger partial charge in [-0.1, -0.05) is 6.07 Å². The average Bonchev–Trinajstić information content (AvgIpc) is 3.64. The first-order chi connectivity index (χ1) is 19.7. The highest BCUT2D eigenvalue weighted by molar-refractivity contribution is 7.88. The van der Waals surface area contributed by atoms with Gasteiger partial charge in [-0.3, -0.25) is 14.9 Å². The Morgan fingerprint density at radius 1 is 1.07 bits per heavy atom. The maximum absolute atomic E-state index is 14.9. The van der Waals surface area contributed by atoms with Crippen molar-refractivity contribution in [3.8, 4) is 22.1 Å². The van der Waals surface area contributed by atoms with E-state index in [2.05, 4.69) is 25.5 Å². The van der Waals surface area contributed by atoms with Crippen molar-refractivity contribution in [3.05, 3.63) is 66.2 Å². The molecule has 0 atom stereocenters. The van der Waals surface area contributed by atoms with Gasteiger partial charge in [0, 0.05) is 69.0 Å². The number of rotatable bonds is 8. The maximum Gasteiger partial charge on any atom is 0.319 e. The van der Waals surface area contributed by atoms with Crippen LogP contribution >= 0.6 is 11.3 Å². The second-order valence-electron chi connectivity index (χ2n) is 10.2. The number of aromatic nitrogens is 2. The number of halogens is 1. The second-order valence-corrected chi connectivity index (χ2v) is 13.3. The molecule has 4 aromatic rings. The summed E-state index contributed by atoms with van der Waals surface area (Å²) in [4.78, 5) is 24.2. The summed E-state index contributed by atoms with van der Waals surface area (Å²) in [5.41, 5.74) is 2.89.